The van der Waals surface area contributed by atoms with Gasteiger partial charge in [0.05, 0.1) is 11.5 Å². The fourth-order valence-corrected chi connectivity index (χ4v) is 5.04. The molecule has 1 aromatic carbocycles. The van der Waals surface area contributed by atoms with Gasteiger partial charge in [0.25, 0.3) is 5.91 Å². The maximum atomic E-state index is 12.6. The zero-order chi connectivity index (χ0) is 21.0. The van der Waals surface area contributed by atoms with E-state index >= 15 is 0 Å². The van der Waals surface area contributed by atoms with Gasteiger partial charge in [-0.05, 0) is 36.1 Å². The number of hydrogen-bond donors (Lipinski definition) is 0. The molecule has 1 saturated heterocycles. The quantitative estimate of drug-likeness (QED) is 0.486. The van der Waals surface area contributed by atoms with Crippen molar-refractivity contribution in [2.75, 3.05) is 31.5 Å². The second kappa shape index (κ2) is 8.86. The van der Waals surface area contributed by atoms with Crippen molar-refractivity contribution in [2.45, 2.75) is 26.3 Å². The SMILES string of the molecule is CC(C)CN(C(=O)COC(=O)/C=C/c1ccc2c(c1)OCO2)C1CCS(=O)(=O)C1. The van der Waals surface area contributed by atoms with E-state index in [0.29, 0.717) is 24.5 Å². The van der Waals surface area contributed by atoms with E-state index in [1.165, 1.54) is 11.0 Å². The second-order valence-corrected chi connectivity index (χ2v) is 9.78. The van der Waals surface area contributed by atoms with Crippen molar-refractivity contribution in [2.24, 2.45) is 5.92 Å². The van der Waals surface area contributed by atoms with Crippen molar-refractivity contribution in [1.29, 1.82) is 0 Å². The summed E-state index contributed by atoms with van der Waals surface area (Å²) >= 11 is 0. The monoisotopic (exact) mass is 423 g/mol. The van der Waals surface area contributed by atoms with Crippen LogP contribution in [0.1, 0.15) is 25.8 Å². The number of rotatable bonds is 7. The standard InChI is InChI=1S/C20H25NO7S/c1-14(2)10-21(16-7-8-29(24,25)12-16)19(22)11-26-20(23)6-4-15-3-5-17-18(9-15)28-13-27-17/h3-6,9,14,16H,7-8,10-13H2,1-2H3/b6-4+. The first kappa shape index (κ1) is 21.2. The molecule has 2 heterocycles. The van der Waals surface area contributed by atoms with E-state index < -0.39 is 22.4 Å². The van der Waals surface area contributed by atoms with Crippen molar-refractivity contribution in [1.82, 2.24) is 4.90 Å². The van der Waals surface area contributed by atoms with Crippen LogP contribution < -0.4 is 9.47 Å². The zero-order valence-corrected chi connectivity index (χ0v) is 17.3. The van der Waals surface area contributed by atoms with Gasteiger partial charge in [0, 0.05) is 18.7 Å². The van der Waals surface area contributed by atoms with Gasteiger partial charge >= 0.3 is 5.97 Å². The van der Waals surface area contributed by atoms with Crippen LogP contribution >= 0.6 is 0 Å². The summed E-state index contributed by atoms with van der Waals surface area (Å²) in [4.78, 5) is 26.1. The zero-order valence-electron chi connectivity index (χ0n) is 16.5. The van der Waals surface area contributed by atoms with E-state index in [1.807, 2.05) is 13.8 Å². The Morgan fingerprint density at radius 2 is 2.03 bits per heavy atom. The Labute approximate surface area is 170 Å². The predicted molar refractivity (Wildman–Crippen MR) is 106 cm³/mol. The van der Waals surface area contributed by atoms with E-state index in [0.717, 1.165) is 5.56 Å². The fourth-order valence-electron chi connectivity index (χ4n) is 3.31. The summed E-state index contributed by atoms with van der Waals surface area (Å²) in [7, 11) is -3.12. The number of sulfone groups is 1. The third kappa shape index (κ3) is 5.72. The van der Waals surface area contributed by atoms with Crippen LogP contribution in [0, 0.1) is 5.92 Å². The van der Waals surface area contributed by atoms with Crippen LogP contribution in [0.15, 0.2) is 24.3 Å². The van der Waals surface area contributed by atoms with Gasteiger partial charge in [-0.25, -0.2) is 13.2 Å². The first-order valence-electron chi connectivity index (χ1n) is 9.48. The number of hydrogen-bond acceptors (Lipinski definition) is 7. The van der Waals surface area contributed by atoms with E-state index in [9.17, 15) is 18.0 Å². The smallest absolute Gasteiger partial charge is 0.331 e. The summed E-state index contributed by atoms with van der Waals surface area (Å²) in [5.74, 6) is 0.427. The molecule has 1 fully saturated rings. The highest BCUT2D eigenvalue weighted by molar-refractivity contribution is 7.91. The molecule has 0 saturated carbocycles. The Morgan fingerprint density at radius 3 is 2.72 bits per heavy atom. The summed E-state index contributed by atoms with van der Waals surface area (Å²) in [6.07, 6.45) is 3.21. The van der Waals surface area contributed by atoms with Crippen LogP contribution in [0.4, 0.5) is 0 Å². The third-order valence-corrected chi connectivity index (χ3v) is 6.43. The van der Waals surface area contributed by atoms with Crippen LogP contribution in [0.25, 0.3) is 6.08 Å². The number of benzene rings is 1. The first-order chi connectivity index (χ1) is 13.7. The lowest BCUT2D eigenvalue weighted by atomic mass is 10.1. The molecule has 0 bridgehead atoms. The minimum Gasteiger partial charge on any atom is -0.454 e. The largest absolute Gasteiger partial charge is 0.454 e. The van der Waals surface area contributed by atoms with Gasteiger partial charge < -0.3 is 19.1 Å². The van der Waals surface area contributed by atoms with Crippen molar-refractivity contribution in [3.05, 3.63) is 29.8 Å². The molecule has 9 heteroatoms. The normalized spacial score (nSPS) is 19.6. The Morgan fingerprint density at radius 1 is 1.28 bits per heavy atom. The maximum Gasteiger partial charge on any atom is 0.331 e. The molecule has 1 amide bonds. The average molecular weight is 423 g/mol. The molecule has 0 aliphatic carbocycles. The van der Waals surface area contributed by atoms with E-state index in [-0.39, 0.29) is 36.2 Å². The molecule has 1 aromatic rings. The molecule has 2 aliphatic heterocycles. The molecule has 0 spiro atoms. The third-order valence-electron chi connectivity index (χ3n) is 4.68. The van der Waals surface area contributed by atoms with Gasteiger partial charge in [-0.1, -0.05) is 19.9 Å². The van der Waals surface area contributed by atoms with Gasteiger partial charge in [0.2, 0.25) is 6.79 Å². The molecule has 158 valence electrons. The molecular weight excluding hydrogens is 398 g/mol. The number of carbonyl (C=O) groups is 2. The van der Waals surface area contributed by atoms with Crippen LogP contribution in [-0.4, -0.2) is 62.7 Å². The molecule has 3 rings (SSSR count). The first-order valence-corrected chi connectivity index (χ1v) is 11.3. The molecule has 0 aromatic heterocycles. The summed E-state index contributed by atoms with van der Waals surface area (Å²) in [6, 6.07) is 4.89. The lowest BCUT2D eigenvalue weighted by molar-refractivity contribution is -0.149. The molecule has 8 nitrogen and oxygen atoms in total. The van der Waals surface area contributed by atoms with Gasteiger partial charge in [-0.15, -0.1) is 0 Å². The Bertz CT molecular complexity index is 907. The Hall–Kier alpha value is -2.55. The molecule has 0 radical (unpaired) electrons. The highest BCUT2D eigenvalue weighted by Gasteiger charge is 2.35. The van der Waals surface area contributed by atoms with Crippen molar-refractivity contribution >= 4 is 27.8 Å². The van der Waals surface area contributed by atoms with E-state index in [2.05, 4.69) is 0 Å². The van der Waals surface area contributed by atoms with Crippen LogP contribution in [0.3, 0.4) is 0 Å². The minimum absolute atomic E-state index is 0.0383. The fraction of sp³-hybridized carbons (Fsp3) is 0.500. The van der Waals surface area contributed by atoms with Crippen LogP contribution in [-0.2, 0) is 24.2 Å². The summed E-state index contributed by atoms with van der Waals surface area (Å²) in [6.45, 7) is 4.06. The second-order valence-electron chi connectivity index (χ2n) is 7.55. The molecule has 1 unspecified atom stereocenters. The van der Waals surface area contributed by atoms with Crippen molar-refractivity contribution in [3.63, 3.8) is 0 Å². The van der Waals surface area contributed by atoms with E-state index in [4.69, 9.17) is 14.2 Å². The number of nitrogens with zero attached hydrogens (tertiary/aromatic N) is 1. The van der Waals surface area contributed by atoms with E-state index in [1.54, 1.807) is 24.3 Å². The Balaban J connectivity index is 1.55. The number of esters is 1. The number of ether oxygens (including phenoxy) is 3. The summed E-state index contributed by atoms with van der Waals surface area (Å²) in [5.41, 5.74) is 0.732. The van der Waals surface area contributed by atoms with Crippen molar-refractivity contribution < 1.29 is 32.2 Å². The molecule has 0 N–H and O–H groups in total. The van der Waals surface area contributed by atoms with Gasteiger partial charge in [0.15, 0.2) is 27.9 Å². The van der Waals surface area contributed by atoms with Gasteiger partial charge in [-0.3, -0.25) is 4.79 Å². The average Bonchev–Trinajstić information content (AvgIpc) is 3.27. The topological polar surface area (TPSA) is 99.2 Å². The highest BCUT2D eigenvalue weighted by Crippen LogP contribution is 2.32. The van der Waals surface area contributed by atoms with Crippen molar-refractivity contribution in [3.8, 4) is 11.5 Å². The lowest BCUT2D eigenvalue weighted by Gasteiger charge is -2.29. The summed E-state index contributed by atoms with van der Waals surface area (Å²) < 4.78 is 39.1. The maximum absolute atomic E-state index is 12.6. The van der Waals surface area contributed by atoms with Gasteiger partial charge in [0.1, 0.15) is 0 Å². The lowest BCUT2D eigenvalue weighted by Crippen LogP contribution is -2.45. The minimum atomic E-state index is -3.12. The molecule has 1 atom stereocenters. The van der Waals surface area contributed by atoms with Gasteiger partial charge in [-0.2, -0.15) is 0 Å². The predicted octanol–water partition coefficient (Wildman–Crippen LogP) is 1.64. The van der Waals surface area contributed by atoms with Crippen LogP contribution in [0.5, 0.6) is 11.5 Å². The molecular formula is C20H25NO7S. The number of amides is 1. The van der Waals surface area contributed by atoms with Crippen LogP contribution in [0.2, 0.25) is 0 Å². The number of carbonyl (C=O) groups excluding carboxylic acids is 2. The molecule has 2 aliphatic rings. The number of fused-ring (bicyclic) bond motifs is 1. The highest BCUT2D eigenvalue weighted by atomic mass is 32.2. The summed E-state index contributed by atoms with van der Waals surface area (Å²) in [5, 5.41) is 0. The molecule has 29 heavy (non-hydrogen) atoms. The Kier molecular flexibility index (Phi) is 6.46.